The Bertz CT molecular complexity index is 419. The highest BCUT2D eigenvalue weighted by atomic mass is 35.5. The van der Waals surface area contributed by atoms with Crippen LogP contribution in [-0.2, 0) is 6.54 Å². The largest absolute Gasteiger partial charge is 1.00 e. The molecule has 1 atom stereocenters. The third-order valence-corrected chi connectivity index (χ3v) is 3.30. The van der Waals surface area contributed by atoms with Crippen LogP contribution in [0.25, 0.3) is 0 Å². The van der Waals surface area contributed by atoms with E-state index >= 15 is 0 Å². The first-order chi connectivity index (χ1) is 8.30. The van der Waals surface area contributed by atoms with Gasteiger partial charge in [0.15, 0.2) is 0 Å². The van der Waals surface area contributed by atoms with Crippen molar-refractivity contribution < 1.29 is 22.0 Å². The molecule has 1 N–H and O–H groups in total. The molecule has 1 aliphatic rings. The highest BCUT2D eigenvalue weighted by Crippen LogP contribution is 2.22. The lowest BCUT2D eigenvalue weighted by atomic mass is 10.1. The summed E-state index contributed by atoms with van der Waals surface area (Å²) in [7, 11) is 0. The number of aliphatic imine (C=N–C) groups is 1. The molecular formula is C14H19ClN2O. The number of aliphatic hydroxyl groups excluding tert-OH is 1. The first-order valence-corrected chi connectivity index (χ1v) is 6.00. The van der Waals surface area contributed by atoms with Crippen LogP contribution in [-0.4, -0.2) is 35.1 Å². The summed E-state index contributed by atoms with van der Waals surface area (Å²) >= 11 is 0. The number of benzene rings is 1. The molecule has 0 bridgehead atoms. The van der Waals surface area contributed by atoms with E-state index in [4.69, 9.17) is 5.11 Å². The molecular weight excluding hydrogens is 248 g/mol. The lowest BCUT2D eigenvalue weighted by Crippen LogP contribution is -3.00. The fourth-order valence-corrected chi connectivity index (χ4v) is 2.37. The molecule has 0 aliphatic carbocycles. The molecule has 4 heteroatoms. The van der Waals surface area contributed by atoms with Crippen LogP contribution in [0.4, 0.5) is 0 Å². The van der Waals surface area contributed by atoms with Gasteiger partial charge >= 0.3 is 0 Å². The molecule has 1 aromatic carbocycles. The lowest BCUT2D eigenvalue weighted by molar-refractivity contribution is -0.796. The minimum atomic E-state index is 0. The summed E-state index contributed by atoms with van der Waals surface area (Å²) in [6.45, 7) is 6.77. The Morgan fingerprint density at radius 3 is 2.67 bits per heavy atom. The van der Waals surface area contributed by atoms with Gasteiger partial charge in [-0.2, -0.15) is 0 Å². The smallest absolute Gasteiger partial charge is 0.205 e. The van der Waals surface area contributed by atoms with E-state index in [0.717, 1.165) is 25.5 Å². The second kappa shape index (κ2) is 6.69. The van der Waals surface area contributed by atoms with Gasteiger partial charge < -0.3 is 17.5 Å². The minimum absolute atomic E-state index is 0. The van der Waals surface area contributed by atoms with Crippen molar-refractivity contribution >= 4 is 5.84 Å². The normalized spacial score (nSPS) is 22.2. The van der Waals surface area contributed by atoms with E-state index in [0.29, 0.717) is 10.9 Å². The van der Waals surface area contributed by atoms with Gasteiger partial charge in [0.1, 0.15) is 13.1 Å². The molecule has 18 heavy (non-hydrogen) atoms. The summed E-state index contributed by atoms with van der Waals surface area (Å²) in [5.74, 6) is 1.05. The van der Waals surface area contributed by atoms with E-state index in [1.807, 2.05) is 24.4 Å². The van der Waals surface area contributed by atoms with Crippen LogP contribution < -0.4 is 12.4 Å². The van der Waals surface area contributed by atoms with Gasteiger partial charge in [-0.1, -0.05) is 30.3 Å². The molecule has 0 aromatic heterocycles. The predicted octanol–water partition coefficient (Wildman–Crippen LogP) is -1.05. The standard InChI is InChI=1S/C14H19N2O.ClH/c1-2-16(10-9-15-14(16)8-11-17)12-13-6-4-3-5-7-13;/h2-7,17H,1,8-12H2;1H/q+1;/p-1. The van der Waals surface area contributed by atoms with E-state index in [2.05, 4.69) is 23.7 Å². The molecule has 1 heterocycles. The first kappa shape index (κ1) is 14.9. The van der Waals surface area contributed by atoms with Crippen molar-refractivity contribution in [3.8, 4) is 0 Å². The van der Waals surface area contributed by atoms with Gasteiger partial charge in [-0.05, 0) is 6.58 Å². The van der Waals surface area contributed by atoms with Crippen molar-refractivity contribution in [2.24, 2.45) is 4.99 Å². The van der Waals surface area contributed by atoms with Crippen LogP contribution in [0.5, 0.6) is 0 Å². The monoisotopic (exact) mass is 266 g/mol. The van der Waals surface area contributed by atoms with Gasteiger partial charge in [0.25, 0.3) is 0 Å². The molecule has 98 valence electrons. The maximum atomic E-state index is 9.10. The Balaban J connectivity index is 0.00000162. The first-order valence-electron chi connectivity index (χ1n) is 6.00. The van der Waals surface area contributed by atoms with Gasteiger partial charge in [0.05, 0.1) is 25.8 Å². The molecule has 1 aromatic rings. The third kappa shape index (κ3) is 2.99. The maximum Gasteiger partial charge on any atom is 0.205 e. The van der Waals surface area contributed by atoms with Crippen molar-refractivity contribution in [3.63, 3.8) is 0 Å². The second-order valence-electron chi connectivity index (χ2n) is 4.36. The van der Waals surface area contributed by atoms with Crippen LogP contribution in [0.15, 0.2) is 48.1 Å². The molecule has 0 spiro atoms. The topological polar surface area (TPSA) is 32.6 Å². The number of aliphatic hydroxyl groups is 1. The second-order valence-corrected chi connectivity index (χ2v) is 4.36. The maximum absolute atomic E-state index is 9.10. The Hall–Kier alpha value is -1.16. The number of hydrogen-bond acceptors (Lipinski definition) is 2. The highest BCUT2D eigenvalue weighted by Gasteiger charge is 2.35. The van der Waals surface area contributed by atoms with Crippen LogP contribution in [0.3, 0.4) is 0 Å². The van der Waals surface area contributed by atoms with Gasteiger partial charge in [-0.25, -0.2) is 9.48 Å². The van der Waals surface area contributed by atoms with Crippen molar-refractivity contribution in [1.82, 2.24) is 0 Å². The fraction of sp³-hybridized carbons (Fsp3) is 0.357. The zero-order valence-corrected chi connectivity index (χ0v) is 11.2. The lowest BCUT2D eigenvalue weighted by Gasteiger charge is -2.30. The molecule has 3 nitrogen and oxygen atoms in total. The SMILES string of the molecule is C=C[N+]1(Cc2ccccc2)CCN=C1CCO.[Cl-]. The Labute approximate surface area is 114 Å². The summed E-state index contributed by atoms with van der Waals surface area (Å²) in [5.41, 5.74) is 1.28. The van der Waals surface area contributed by atoms with Crippen LogP contribution in [0, 0.1) is 0 Å². The molecule has 0 saturated carbocycles. The Morgan fingerprint density at radius 2 is 2.06 bits per heavy atom. The molecule has 1 unspecified atom stereocenters. The van der Waals surface area contributed by atoms with Crippen molar-refractivity contribution in [1.29, 1.82) is 0 Å². The average Bonchev–Trinajstić information content (AvgIpc) is 2.75. The number of amidine groups is 1. The van der Waals surface area contributed by atoms with Crippen LogP contribution in [0.1, 0.15) is 12.0 Å². The van der Waals surface area contributed by atoms with E-state index in [-0.39, 0.29) is 19.0 Å². The predicted molar refractivity (Wildman–Crippen MR) is 69.5 cm³/mol. The number of rotatable bonds is 5. The molecule has 1 aliphatic heterocycles. The van der Waals surface area contributed by atoms with Gasteiger partial charge in [0.2, 0.25) is 5.84 Å². The van der Waals surface area contributed by atoms with E-state index in [1.165, 1.54) is 5.56 Å². The Morgan fingerprint density at radius 1 is 1.33 bits per heavy atom. The number of halogens is 1. The fourth-order valence-electron chi connectivity index (χ4n) is 2.37. The quantitative estimate of drug-likeness (QED) is 0.678. The highest BCUT2D eigenvalue weighted by molar-refractivity contribution is 5.77. The minimum Gasteiger partial charge on any atom is -1.00 e. The molecule has 2 rings (SSSR count). The van der Waals surface area contributed by atoms with Crippen molar-refractivity contribution in [2.45, 2.75) is 13.0 Å². The van der Waals surface area contributed by atoms with E-state index < -0.39 is 0 Å². The molecule has 0 amide bonds. The summed E-state index contributed by atoms with van der Waals surface area (Å²) < 4.78 is 0.685. The summed E-state index contributed by atoms with van der Waals surface area (Å²) in [6.07, 6.45) is 2.59. The zero-order chi connectivity index (χ0) is 12.1. The van der Waals surface area contributed by atoms with Crippen molar-refractivity contribution in [3.05, 3.63) is 48.7 Å². The van der Waals surface area contributed by atoms with Gasteiger partial charge in [0, 0.05) is 5.56 Å². The van der Waals surface area contributed by atoms with Crippen LogP contribution in [0.2, 0.25) is 0 Å². The summed E-state index contributed by atoms with van der Waals surface area (Å²) in [4.78, 5) is 4.50. The molecule has 0 fully saturated rings. The average molecular weight is 267 g/mol. The van der Waals surface area contributed by atoms with Gasteiger partial charge in [-0.3, -0.25) is 0 Å². The van der Waals surface area contributed by atoms with Gasteiger partial charge in [-0.15, -0.1) is 0 Å². The number of hydrogen-bond donors (Lipinski definition) is 1. The molecule has 0 radical (unpaired) electrons. The molecule has 0 saturated heterocycles. The third-order valence-electron chi connectivity index (χ3n) is 3.30. The van der Waals surface area contributed by atoms with Crippen LogP contribution >= 0.6 is 0 Å². The van der Waals surface area contributed by atoms with E-state index in [9.17, 15) is 0 Å². The zero-order valence-electron chi connectivity index (χ0n) is 10.4. The number of nitrogens with zero attached hydrogens (tertiary/aromatic N) is 2. The Kier molecular flexibility index (Phi) is 5.54. The van der Waals surface area contributed by atoms with Crippen molar-refractivity contribution in [2.75, 3.05) is 19.7 Å². The van der Waals surface area contributed by atoms with E-state index in [1.54, 1.807) is 0 Å². The summed E-state index contributed by atoms with van der Waals surface area (Å²) in [6, 6.07) is 10.4. The summed E-state index contributed by atoms with van der Waals surface area (Å²) in [5, 5.41) is 9.10. The number of quaternary nitrogens is 1.